The third-order valence-corrected chi connectivity index (χ3v) is 18.2. The Balaban J connectivity index is 5.26. The molecule has 3 N–H and O–H groups in total. The molecule has 0 saturated heterocycles. The van der Waals surface area contributed by atoms with E-state index in [1.807, 2.05) is 0 Å². The molecule has 7 atom stereocenters. The Morgan fingerprint density at radius 1 is 0.322 bits per heavy atom. The lowest BCUT2D eigenvalue weighted by Crippen LogP contribution is -2.30. The molecule has 0 rings (SSSR count). The van der Waals surface area contributed by atoms with E-state index < -0.39 is 97.5 Å². The summed E-state index contributed by atoms with van der Waals surface area (Å²) < 4.78 is 68.2. The summed E-state index contributed by atoms with van der Waals surface area (Å²) >= 11 is 0. The number of phosphoric ester groups is 2. The number of hydrogen-bond acceptors (Lipinski definition) is 15. The molecule has 0 aliphatic carbocycles. The van der Waals surface area contributed by atoms with Crippen LogP contribution in [0.2, 0.25) is 0 Å². The van der Waals surface area contributed by atoms with Gasteiger partial charge in [0, 0.05) is 25.7 Å². The predicted octanol–water partition coefficient (Wildman–Crippen LogP) is 18.9. The molecule has 0 aliphatic rings. The fraction of sp³-hybridized carbons (Fsp3) is 0.941. The first-order valence-corrected chi connectivity index (χ1v) is 38.3. The SMILES string of the molecule is CCC(C)CCCCCCCCCCCCC(=O)OC[C@H](COP(=O)(O)OC[C@@H](O)COP(=O)(O)OC[C@@H](COC(=O)CCCCCCCCC(C)C)OC(=O)CCCCCCCCC(C)CC)OC(=O)CCCCCCCCCCCCCC(C)C. The Labute approximate surface area is 530 Å². The molecule has 0 fully saturated rings. The molecule has 0 bridgehead atoms. The minimum absolute atomic E-state index is 0.101. The summed E-state index contributed by atoms with van der Waals surface area (Å²) in [5.41, 5.74) is 0. The van der Waals surface area contributed by atoms with E-state index in [0.29, 0.717) is 31.6 Å². The molecule has 0 aliphatic heterocycles. The van der Waals surface area contributed by atoms with Crippen LogP contribution in [0, 0.1) is 23.7 Å². The second kappa shape index (κ2) is 57.9. The Morgan fingerprint density at radius 2 is 0.552 bits per heavy atom. The molecule has 19 heteroatoms. The normalized spacial score (nSPS) is 15.0. The van der Waals surface area contributed by atoms with E-state index in [0.717, 1.165) is 114 Å². The molecule has 0 radical (unpaired) electrons. The maximum atomic E-state index is 13.0. The maximum absolute atomic E-state index is 13.0. The van der Waals surface area contributed by atoms with Gasteiger partial charge in [-0.25, -0.2) is 9.13 Å². The average molecular weight is 1280 g/mol. The molecule has 516 valence electrons. The zero-order valence-electron chi connectivity index (χ0n) is 56.6. The lowest BCUT2D eigenvalue weighted by Gasteiger charge is -2.21. The van der Waals surface area contributed by atoms with Gasteiger partial charge in [0.15, 0.2) is 12.2 Å². The van der Waals surface area contributed by atoms with Crippen molar-refractivity contribution in [2.45, 2.75) is 350 Å². The molecule has 0 aromatic carbocycles. The van der Waals surface area contributed by atoms with E-state index in [-0.39, 0.29) is 25.7 Å². The first-order chi connectivity index (χ1) is 41.7. The Morgan fingerprint density at radius 3 is 0.816 bits per heavy atom. The minimum atomic E-state index is -4.95. The van der Waals surface area contributed by atoms with Crippen molar-refractivity contribution in [3.8, 4) is 0 Å². The van der Waals surface area contributed by atoms with Crippen LogP contribution < -0.4 is 0 Å². The highest BCUT2D eigenvalue weighted by Crippen LogP contribution is 2.45. The smallest absolute Gasteiger partial charge is 0.462 e. The van der Waals surface area contributed by atoms with Gasteiger partial charge in [0.2, 0.25) is 0 Å². The maximum Gasteiger partial charge on any atom is 0.472 e. The number of esters is 4. The van der Waals surface area contributed by atoms with Crippen molar-refractivity contribution in [3.63, 3.8) is 0 Å². The molecule has 0 aromatic heterocycles. The van der Waals surface area contributed by atoms with Gasteiger partial charge in [0.05, 0.1) is 26.4 Å². The largest absolute Gasteiger partial charge is 0.472 e. The van der Waals surface area contributed by atoms with E-state index >= 15 is 0 Å². The van der Waals surface area contributed by atoms with Crippen molar-refractivity contribution in [1.82, 2.24) is 0 Å². The number of carbonyl (C=O) groups is 4. The van der Waals surface area contributed by atoms with Crippen LogP contribution in [0.4, 0.5) is 0 Å². The lowest BCUT2D eigenvalue weighted by atomic mass is 9.99. The van der Waals surface area contributed by atoms with Crippen LogP contribution in [0.25, 0.3) is 0 Å². The van der Waals surface area contributed by atoms with Crippen LogP contribution in [0.1, 0.15) is 331 Å². The average Bonchev–Trinajstić information content (AvgIpc) is 3.69. The van der Waals surface area contributed by atoms with Crippen molar-refractivity contribution in [3.05, 3.63) is 0 Å². The standard InChI is InChI=1S/C68H132O17P2/c1-9-60(7)46-38-30-21-17-14-15-18-22-32-40-48-65(70)78-54-63(84-67(72)50-42-34-23-19-13-11-12-16-20-28-36-44-58(3)4)56-82-86(74,75)80-52-62(69)53-81-87(76,77)83-57-64(55-79-66(71)49-41-33-26-24-29-37-45-59(5)6)85-68(73)51-43-35-27-25-31-39-47-61(8)10-2/h58-64,69H,9-57H2,1-8H3,(H,74,75)(H,76,77)/t60?,61?,62-,63-,64-/m1/s1. The summed E-state index contributed by atoms with van der Waals surface area (Å²) in [6.07, 6.45) is 39.0. The van der Waals surface area contributed by atoms with Gasteiger partial charge in [-0.2, -0.15) is 0 Å². The molecule has 17 nitrogen and oxygen atoms in total. The quantitative estimate of drug-likeness (QED) is 0.0222. The number of aliphatic hydroxyl groups is 1. The van der Waals surface area contributed by atoms with Gasteiger partial charge >= 0.3 is 39.5 Å². The highest BCUT2D eigenvalue weighted by Gasteiger charge is 2.30. The number of carbonyl (C=O) groups excluding carboxylic acids is 4. The molecule has 4 unspecified atom stereocenters. The molecule has 87 heavy (non-hydrogen) atoms. The van der Waals surface area contributed by atoms with Gasteiger partial charge in [-0.15, -0.1) is 0 Å². The number of rotatable bonds is 65. The second-order valence-electron chi connectivity index (χ2n) is 26.0. The Hall–Kier alpha value is -1.94. The summed E-state index contributed by atoms with van der Waals surface area (Å²) in [7, 11) is -9.90. The van der Waals surface area contributed by atoms with E-state index in [1.54, 1.807) is 0 Å². The number of phosphoric acid groups is 2. The number of ether oxygens (including phenoxy) is 4. The molecular formula is C68H132O17P2. The summed E-state index contributed by atoms with van der Waals surface area (Å²) in [5.74, 6) is 0.838. The topological polar surface area (TPSA) is 237 Å². The van der Waals surface area contributed by atoms with Gasteiger partial charge in [-0.3, -0.25) is 37.3 Å². The highest BCUT2D eigenvalue weighted by atomic mass is 31.2. The fourth-order valence-electron chi connectivity index (χ4n) is 10.1. The van der Waals surface area contributed by atoms with Crippen molar-refractivity contribution in [2.24, 2.45) is 23.7 Å². The van der Waals surface area contributed by atoms with Gasteiger partial charge < -0.3 is 33.8 Å². The molecule has 0 aromatic rings. The van der Waals surface area contributed by atoms with Gasteiger partial charge in [0.25, 0.3) is 0 Å². The van der Waals surface area contributed by atoms with Crippen LogP contribution in [-0.2, 0) is 65.4 Å². The first kappa shape index (κ1) is 85.1. The third kappa shape index (κ3) is 60.1. The monoisotopic (exact) mass is 1280 g/mol. The Bertz CT molecular complexity index is 1730. The zero-order chi connectivity index (χ0) is 64.7. The van der Waals surface area contributed by atoms with Crippen molar-refractivity contribution < 1.29 is 80.2 Å². The number of aliphatic hydroxyl groups excluding tert-OH is 1. The number of unbranched alkanes of at least 4 members (excludes halogenated alkanes) is 29. The molecule has 0 heterocycles. The van der Waals surface area contributed by atoms with E-state index in [2.05, 4.69) is 55.4 Å². The summed E-state index contributed by atoms with van der Waals surface area (Å²) in [6.45, 7) is 14.0. The van der Waals surface area contributed by atoms with Crippen LogP contribution in [0.3, 0.4) is 0 Å². The van der Waals surface area contributed by atoms with Crippen molar-refractivity contribution in [1.29, 1.82) is 0 Å². The number of hydrogen-bond donors (Lipinski definition) is 3. The van der Waals surface area contributed by atoms with Crippen molar-refractivity contribution in [2.75, 3.05) is 39.6 Å². The van der Waals surface area contributed by atoms with Crippen molar-refractivity contribution >= 4 is 39.5 Å². The van der Waals surface area contributed by atoms with Crippen LogP contribution >= 0.6 is 15.6 Å². The van der Waals surface area contributed by atoms with Gasteiger partial charge in [-0.1, -0.05) is 280 Å². The van der Waals surface area contributed by atoms with Gasteiger partial charge in [0.1, 0.15) is 19.3 Å². The minimum Gasteiger partial charge on any atom is -0.462 e. The molecule has 0 spiro atoms. The summed E-state index contributed by atoms with van der Waals surface area (Å²) in [5, 5.41) is 10.6. The molecule has 0 amide bonds. The van der Waals surface area contributed by atoms with Crippen LogP contribution in [0.5, 0.6) is 0 Å². The van der Waals surface area contributed by atoms with Crippen LogP contribution in [0.15, 0.2) is 0 Å². The summed E-state index contributed by atoms with van der Waals surface area (Å²) in [4.78, 5) is 72.4. The lowest BCUT2D eigenvalue weighted by molar-refractivity contribution is -0.161. The van der Waals surface area contributed by atoms with Gasteiger partial charge in [-0.05, 0) is 49.4 Å². The molecular weight excluding hydrogens is 1150 g/mol. The third-order valence-electron chi connectivity index (χ3n) is 16.3. The Kier molecular flexibility index (Phi) is 56.6. The predicted molar refractivity (Wildman–Crippen MR) is 349 cm³/mol. The first-order valence-electron chi connectivity index (χ1n) is 35.3. The molecule has 0 saturated carbocycles. The second-order valence-corrected chi connectivity index (χ2v) is 28.9. The fourth-order valence-corrected chi connectivity index (χ4v) is 11.7. The van der Waals surface area contributed by atoms with E-state index in [9.17, 15) is 43.2 Å². The van der Waals surface area contributed by atoms with Crippen LogP contribution in [-0.4, -0.2) is 96.7 Å². The zero-order valence-corrected chi connectivity index (χ0v) is 58.4. The van der Waals surface area contributed by atoms with E-state index in [4.69, 9.17) is 37.0 Å². The summed E-state index contributed by atoms with van der Waals surface area (Å²) in [6, 6.07) is 0. The highest BCUT2D eigenvalue weighted by molar-refractivity contribution is 7.47. The van der Waals surface area contributed by atoms with E-state index in [1.165, 1.54) is 128 Å².